The second-order valence-electron chi connectivity index (χ2n) is 9.16. The summed E-state index contributed by atoms with van der Waals surface area (Å²) in [7, 11) is 0. The standard InChI is InChI=1S/C23H25F3N6O4/c1-13-10-32-19(12-30(13)23(35)28-15-7-16(24)21(26)17(25)8-15)18(9-27-32)31-11-14(6-20(31)33)22(34)29-2-4-36-5-3-29/h7-9,13-14H,2-6,10-12H2,1H3,(H,28,35)/t13-,14?/m0/s1. The van der Waals surface area contributed by atoms with Gasteiger partial charge in [-0.1, -0.05) is 0 Å². The fourth-order valence-corrected chi connectivity index (χ4v) is 4.85. The zero-order valence-corrected chi connectivity index (χ0v) is 19.5. The van der Waals surface area contributed by atoms with Crippen LogP contribution in [-0.2, 0) is 27.4 Å². The highest BCUT2D eigenvalue weighted by atomic mass is 19.2. The van der Waals surface area contributed by atoms with Crippen molar-refractivity contribution >= 4 is 29.2 Å². The lowest BCUT2D eigenvalue weighted by atomic mass is 10.1. The molecule has 0 aliphatic carbocycles. The van der Waals surface area contributed by atoms with Gasteiger partial charge in [0.05, 0.1) is 55.8 Å². The number of hydrogen-bond donors (Lipinski definition) is 1. The topological polar surface area (TPSA) is 100 Å². The van der Waals surface area contributed by atoms with E-state index in [1.165, 1.54) is 9.80 Å². The van der Waals surface area contributed by atoms with E-state index in [4.69, 9.17) is 4.74 Å². The summed E-state index contributed by atoms with van der Waals surface area (Å²) < 4.78 is 47.4. The van der Waals surface area contributed by atoms with E-state index in [1.54, 1.807) is 22.7 Å². The van der Waals surface area contributed by atoms with Crippen LogP contribution in [0.1, 0.15) is 19.0 Å². The first-order chi connectivity index (χ1) is 17.2. The average Bonchev–Trinajstić information content (AvgIpc) is 3.44. The highest BCUT2D eigenvalue weighted by Crippen LogP contribution is 2.32. The predicted octanol–water partition coefficient (Wildman–Crippen LogP) is 1.95. The Balaban J connectivity index is 1.31. The highest BCUT2D eigenvalue weighted by molar-refractivity contribution is 6.00. The van der Waals surface area contributed by atoms with Gasteiger partial charge in [0, 0.05) is 43.9 Å². The minimum Gasteiger partial charge on any atom is -0.378 e. The number of morpholine rings is 1. The van der Waals surface area contributed by atoms with Crippen molar-refractivity contribution in [3.05, 3.63) is 41.5 Å². The Morgan fingerprint density at radius 3 is 2.50 bits per heavy atom. The molecule has 2 aromatic rings. The molecule has 5 rings (SSSR count). The number of aromatic nitrogens is 2. The Morgan fingerprint density at radius 1 is 1.11 bits per heavy atom. The van der Waals surface area contributed by atoms with Crippen molar-refractivity contribution in [1.82, 2.24) is 19.6 Å². The van der Waals surface area contributed by atoms with Crippen LogP contribution in [0.2, 0.25) is 0 Å². The van der Waals surface area contributed by atoms with E-state index < -0.39 is 29.4 Å². The van der Waals surface area contributed by atoms with Crippen molar-refractivity contribution in [3.63, 3.8) is 0 Å². The maximum atomic E-state index is 13.6. The van der Waals surface area contributed by atoms with Crippen molar-refractivity contribution < 1.29 is 32.3 Å². The molecule has 2 fully saturated rings. The minimum absolute atomic E-state index is 0.0698. The lowest BCUT2D eigenvalue weighted by Gasteiger charge is -2.35. The normalized spacial score (nSPS) is 22.1. The molecule has 1 aromatic heterocycles. The second kappa shape index (κ2) is 9.45. The third kappa shape index (κ3) is 4.38. The van der Waals surface area contributed by atoms with E-state index in [-0.39, 0.29) is 43.1 Å². The first-order valence-electron chi connectivity index (χ1n) is 11.7. The van der Waals surface area contributed by atoms with E-state index in [9.17, 15) is 27.6 Å². The molecule has 0 saturated carbocycles. The number of urea groups is 1. The maximum Gasteiger partial charge on any atom is 0.322 e. The third-order valence-corrected chi connectivity index (χ3v) is 6.80. The van der Waals surface area contributed by atoms with Crippen molar-refractivity contribution in [2.24, 2.45) is 5.92 Å². The molecule has 1 N–H and O–H groups in total. The zero-order valence-electron chi connectivity index (χ0n) is 19.5. The van der Waals surface area contributed by atoms with E-state index >= 15 is 0 Å². The van der Waals surface area contributed by atoms with Crippen LogP contribution in [-0.4, -0.2) is 76.3 Å². The molecule has 0 radical (unpaired) electrons. The van der Waals surface area contributed by atoms with Crippen molar-refractivity contribution in [1.29, 1.82) is 0 Å². The molecule has 192 valence electrons. The van der Waals surface area contributed by atoms with E-state index in [2.05, 4.69) is 10.4 Å². The Bertz CT molecular complexity index is 1190. The van der Waals surface area contributed by atoms with Gasteiger partial charge in [0.2, 0.25) is 11.8 Å². The van der Waals surface area contributed by atoms with Gasteiger partial charge in [0.1, 0.15) is 0 Å². The molecule has 3 aliphatic heterocycles. The molecule has 2 saturated heterocycles. The lowest BCUT2D eigenvalue weighted by molar-refractivity contribution is -0.139. The van der Waals surface area contributed by atoms with Crippen LogP contribution in [0.3, 0.4) is 0 Å². The molecule has 3 aliphatic rings. The molecular weight excluding hydrogens is 481 g/mol. The zero-order chi connectivity index (χ0) is 25.6. The molecule has 10 nitrogen and oxygen atoms in total. The summed E-state index contributed by atoms with van der Waals surface area (Å²) in [5.41, 5.74) is 0.899. The lowest BCUT2D eigenvalue weighted by Crippen LogP contribution is -2.47. The average molecular weight is 506 g/mol. The van der Waals surface area contributed by atoms with Gasteiger partial charge < -0.3 is 24.8 Å². The van der Waals surface area contributed by atoms with Crippen LogP contribution in [0.5, 0.6) is 0 Å². The molecule has 4 amide bonds. The number of nitrogens with zero attached hydrogens (tertiary/aromatic N) is 5. The van der Waals surface area contributed by atoms with Gasteiger partial charge in [-0.05, 0) is 6.92 Å². The fraction of sp³-hybridized carbons (Fsp3) is 0.478. The summed E-state index contributed by atoms with van der Waals surface area (Å²) >= 11 is 0. The number of hydrogen-bond acceptors (Lipinski definition) is 5. The number of halogens is 3. The Morgan fingerprint density at radius 2 is 1.81 bits per heavy atom. The molecule has 0 spiro atoms. The fourth-order valence-electron chi connectivity index (χ4n) is 4.85. The number of fused-ring (bicyclic) bond motifs is 1. The van der Waals surface area contributed by atoms with E-state index in [1.807, 2.05) is 0 Å². The second-order valence-corrected chi connectivity index (χ2v) is 9.16. The molecule has 4 heterocycles. The number of anilines is 2. The van der Waals surface area contributed by atoms with Crippen LogP contribution >= 0.6 is 0 Å². The van der Waals surface area contributed by atoms with Crippen LogP contribution in [0.4, 0.5) is 29.3 Å². The summed E-state index contributed by atoms with van der Waals surface area (Å²) in [5, 5.41) is 6.77. The summed E-state index contributed by atoms with van der Waals surface area (Å²) in [6, 6.07) is 0.439. The quantitative estimate of drug-likeness (QED) is 0.642. The van der Waals surface area contributed by atoms with E-state index in [0.29, 0.717) is 56.4 Å². The summed E-state index contributed by atoms with van der Waals surface area (Å²) in [5.74, 6) is -5.20. The molecular formula is C23H25F3N6O4. The van der Waals surface area contributed by atoms with Crippen LogP contribution in [0, 0.1) is 23.4 Å². The number of carbonyl (C=O) groups excluding carboxylic acids is 3. The van der Waals surface area contributed by atoms with E-state index in [0.717, 1.165) is 0 Å². The largest absolute Gasteiger partial charge is 0.378 e. The smallest absolute Gasteiger partial charge is 0.322 e. The number of amides is 4. The van der Waals surface area contributed by atoms with Gasteiger partial charge in [-0.15, -0.1) is 0 Å². The number of ether oxygens (including phenoxy) is 1. The molecule has 13 heteroatoms. The SMILES string of the molecule is C[C@H]1Cn2ncc(N3CC(C(=O)N4CCOCC4)CC3=O)c2CN1C(=O)Nc1cc(F)c(F)c(F)c1. The first kappa shape index (κ1) is 24.1. The van der Waals surface area contributed by atoms with Gasteiger partial charge in [-0.25, -0.2) is 18.0 Å². The Labute approximate surface area is 204 Å². The van der Waals surface area contributed by atoms with Crippen molar-refractivity contribution in [3.8, 4) is 0 Å². The van der Waals surface area contributed by atoms with Crippen LogP contribution in [0.15, 0.2) is 18.3 Å². The monoisotopic (exact) mass is 506 g/mol. The van der Waals surface area contributed by atoms with Crippen molar-refractivity contribution in [2.75, 3.05) is 43.1 Å². The van der Waals surface area contributed by atoms with Gasteiger partial charge >= 0.3 is 6.03 Å². The number of rotatable bonds is 3. The van der Waals surface area contributed by atoms with Gasteiger partial charge in [0.25, 0.3) is 0 Å². The Hall–Kier alpha value is -3.61. The number of benzene rings is 1. The third-order valence-electron chi connectivity index (χ3n) is 6.80. The van der Waals surface area contributed by atoms with Gasteiger partial charge in [0.15, 0.2) is 17.5 Å². The Kier molecular flexibility index (Phi) is 6.33. The number of nitrogens with one attached hydrogen (secondary N) is 1. The first-order valence-corrected chi connectivity index (χ1v) is 11.7. The van der Waals surface area contributed by atoms with Crippen molar-refractivity contribution in [2.45, 2.75) is 32.5 Å². The summed E-state index contributed by atoms with van der Waals surface area (Å²) in [4.78, 5) is 43.4. The van der Waals surface area contributed by atoms with Crippen LogP contribution < -0.4 is 10.2 Å². The van der Waals surface area contributed by atoms with Crippen LogP contribution in [0.25, 0.3) is 0 Å². The van der Waals surface area contributed by atoms with Gasteiger partial charge in [-0.3, -0.25) is 14.3 Å². The summed E-state index contributed by atoms with van der Waals surface area (Å²) in [6.07, 6.45) is 1.64. The molecule has 1 aromatic carbocycles. The minimum atomic E-state index is -1.62. The summed E-state index contributed by atoms with van der Waals surface area (Å²) in [6.45, 7) is 4.33. The predicted molar refractivity (Wildman–Crippen MR) is 120 cm³/mol. The highest BCUT2D eigenvalue weighted by Gasteiger charge is 2.40. The molecule has 36 heavy (non-hydrogen) atoms. The number of carbonyl (C=O) groups is 3. The molecule has 1 unspecified atom stereocenters. The maximum absolute atomic E-state index is 13.6. The van der Waals surface area contributed by atoms with Gasteiger partial charge in [-0.2, -0.15) is 5.10 Å². The molecule has 2 atom stereocenters. The molecule has 0 bridgehead atoms.